The summed E-state index contributed by atoms with van der Waals surface area (Å²) in [7, 11) is 0. The zero-order valence-corrected chi connectivity index (χ0v) is 11.2. The number of amides is 1. The summed E-state index contributed by atoms with van der Waals surface area (Å²) in [6.45, 7) is 3.39. The molecule has 1 aromatic carbocycles. The van der Waals surface area contributed by atoms with Gasteiger partial charge in [-0.25, -0.2) is 0 Å². The fourth-order valence-corrected chi connectivity index (χ4v) is 3.52. The van der Waals surface area contributed by atoms with E-state index in [1.54, 1.807) is 18.5 Å². The lowest BCUT2D eigenvalue weighted by atomic mass is 9.91. The molecule has 1 aliphatic rings. The molecule has 0 radical (unpaired) electrons. The van der Waals surface area contributed by atoms with E-state index in [0.717, 1.165) is 25.9 Å². The summed E-state index contributed by atoms with van der Waals surface area (Å²) in [5.74, 6) is 0.702. The van der Waals surface area contributed by atoms with E-state index in [2.05, 4.69) is 28.6 Å². The van der Waals surface area contributed by atoms with Gasteiger partial charge >= 0.3 is 0 Å². The van der Waals surface area contributed by atoms with Crippen molar-refractivity contribution in [3.8, 4) is 0 Å². The molecule has 0 N–H and O–H groups in total. The Labute approximate surface area is 111 Å². The lowest BCUT2D eigenvalue weighted by Crippen LogP contribution is -2.36. The number of piperidine rings is 1. The van der Waals surface area contributed by atoms with Crippen LogP contribution in [0.4, 0.5) is 0 Å². The molecule has 4 heteroatoms. The van der Waals surface area contributed by atoms with Crippen LogP contribution in [0.15, 0.2) is 24.3 Å². The van der Waals surface area contributed by atoms with Crippen LogP contribution >= 0.6 is 11.5 Å². The summed E-state index contributed by atoms with van der Waals surface area (Å²) in [6.07, 6.45) is 2.07. The first-order valence-corrected chi connectivity index (χ1v) is 7.13. The normalized spacial score (nSPS) is 17.3. The van der Waals surface area contributed by atoms with Crippen molar-refractivity contribution in [3.05, 3.63) is 30.0 Å². The molecule has 3 nitrogen and oxygen atoms in total. The number of likely N-dealkylation sites (tertiary alicyclic amines) is 1. The maximum atomic E-state index is 11.3. The quantitative estimate of drug-likeness (QED) is 0.789. The Kier molecular flexibility index (Phi) is 3.04. The van der Waals surface area contributed by atoms with E-state index in [1.165, 1.54) is 15.8 Å². The van der Waals surface area contributed by atoms with Gasteiger partial charge in [-0.1, -0.05) is 18.2 Å². The fraction of sp³-hybridized carbons (Fsp3) is 0.429. The predicted octanol–water partition coefficient (Wildman–Crippen LogP) is 3.02. The Morgan fingerprint density at radius 2 is 2.06 bits per heavy atom. The molecular weight excluding hydrogens is 244 g/mol. The van der Waals surface area contributed by atoms with Crippen LogP contribution in [0.25, 0.3) is 10.1 Å². The van der Waals surface area contributed by atoms with Crippen molar-refractivity contribution in [1.29, 1.82) is 0 Å². The van der Waals surface area contributed by atoms with Gasteiger partial charge in [-0.3, -0.25) is 4.79 Å². The van der Waals surface area contributed by atoms with E-state index in [0.29, 0.717) is 5.92 Å². The monoisotopic (exact) mass is 260 g/mol. The Morgan fingerprint density at radius 3 is 2.78 bits per heavy atom. The van der Waals surface area contributed by atoms with Crippen LogP contribution in [0.3, 0.4) is 0 Å². The molecule has 0 bridgehead atoms. The first-order chi connectivity index (χ1) is 8.75. The molecule has 3 rings (SSSR count). The third-order valence-corrected chi connectivity index (χ3v) is 4.57. The summed E-state index contributed by atoms with van der Waals surface area (Å²) < 4.78 is 5.89. The van der Waals surface area contributed by atoms with E-state index in [4.69, 9.17) is 0 Å². The molecule has 0 atom stereocenters. The van der Waals surface area contributed by atoms with Crippen molar-refractivity contribution in [2.45, 2.75) is 25.7 Å². The number of rotatable bonds is 1. The second-order valence-corrected chi connectivity index (χ2v) is 5.65. The lowest BCUT2D eigenvalue weighted by molar-refractivity contribution is -0.129. The van der Waals surface area contributed by atoms with Crippen molar-refractivity contribution < 1.29 is 4.79 Å². The number of nitrogens with zero attached hydrogens (tertiary/aromatic N) is 2. The number of carbonyl (C=O) groups excluding carboxylic acids is 1. The molecule has 2 heterocycles. The third-order valence-electron chi connectivity index (χ3n) is 3.73. The molecule has 1 saturated heterocycles. The van der Waals surface area contributed by atoms with E-state index in [9.17, 15) is 4.79 Å². The first-order valence-electron chi connectivity index (χ1n) is 6.35. The van der Waals surface area contributed by atoms with Crippen LogP contribution in [-0.4, -0.2) is 28.3 Å². The minimum atomic E-state index is 0.191. The van der Waals surface area contributed by atoms with Gasteiger partial charge in [0.2, 0.25) is 5.91 Å². The van der Waals surface area contributed by atoms with Gasteiger partial charge in [-0.05, 0) is 30.4 Å². The second kappa shape index (κ2) is 4.69. The highest BCUT2D eigenvalue weighted by Crippen LogP contribution is 2.34. The number of aromatic nitrogens is 1. The third kappa shape index (κ3) is 2.01. The number of fused-ring (bicyclic) bond motifs is 1. The van der Waals surface area contributed by atoms with Crippen molar-refractivity contribution in [2.75, 3.05) is 13.1 Å². The van der Waals surface area contributed by atoms with Crippen molar-refractivity contribution in [1.82, 2.24) is 9.27 Å². The molecule has 2 aromatic rings. The van der Waals surface area contributed by atoms with Crippen LogP contribution in [0.2, 0.25) is 0 Å². The SMILES string of the molecule is CC(=O)N1CCC(c2nsc3ccccc23)CC1. The van der Waals surface area contributed by atoms with Crippen molar-refractivity contribution in [3.63, 3.8) is 0 Å². The van der Waals surface area contributed by atoms with Gasteiger partial charge in [-0.15, -0.1) is 0 Å². The standard InChI is InChI=1S/C14H16N2OS/c1-10(17)16-8-6-11(7-9-16)14-12-4-2-3-5-13(12)18-15-14/h2-5,11H,6-9H2,1H3. The summed E-state index contributed by atoms with van der Waals surface area (Å²) >= 11 is 1.58. The average Bonchev–Trinajstić information content (AvgIpc) is 2.82. The molecule has 1 fully saturated rings. The molecule has 0 saturated carbocycles. The number of carbonyl (C=O) groups is 1. The van der Waals surface area contributed by atoms with Crippen LogP contribution in [0.1, 0.15) is 31.4 Å². The number of hydrogen-bond donors (Lipinski definition) is 0. The Morgan fingerprint density at radius 1 is 1.33 bits per heavy atom. The largest absolute Gasteiger partial charge is 0.343 e. The predicted molar refractivity (Wildman–Crippen MR) is 73.8 cm³/mol. The molecule has 1 aromatic heterocycles. The van der Waals surface area contributed by atoms with Crippen LogP contribution in [0.5, 0.6) is 0 Å². The molecule has 0 unspecified atom stereocenters. The molecule has 94 valence electrons. The summed E-state index contributed by atoms with van der Waals surface area (Å²) in [6, 6.07) is 8.42. The Balaban J connectivity index is 1.82. The lowest BCUT2D eigenvalue weighted by Gasteiger charge is -2.30. The smallest absolute Gasteiger partial charge is 0.219 e. The van der Waals surface area contributed by atoms with E-state index < -0.39 is 0 Å². The Bertz CT molecular complexity index is 570. The van der Waals surface area contributed by atoms with Gasteiger partial charge in [-0.2, -0.15) is 4.37 Å². The highest BCUT2D eigenvalue weighted by atomic mass is 32.1. The number of benzene rings is 1. The van der Waals surface area contributed by atoms with Crippen LogP contribution in [0, 0.1) is 0 Å². The summed E-state index contributed by atoms with van der Waals surface area (Å²) in [4.78, 5) is 13.3. The zero-order chi connectivity index (χ0) is 12.5. The van der Waals surface area contributed by atoms with Crippen molar-refractivity contribution in [2.24, 2.45) is 0 Å². The zero-order valence-electron chi connectivity index (χ0n) is 10.4. The topological polar surface area (TPSA) is 33.2 Å². The molecule has 0 aliphatic carbocycles. The summed E-state index contributed by atoms with van der Waals surface area (Å²) in [5, 5.41) is 1.30. The van der Waals surface area contributed by atoms with Gasteiger partial charge in [0, 0.05) is 31.3 Å². The molecular formula is C14H16N2OS. The maximum Gasteiger partial charge on any atom is 0.219 e. The molecule has 0 spiro atoms. The summed E-state index contributed by atoms with van der Waals surface area (Å²) in [5.41, 5.74) is 1.24. The fourth-order valence-electron chi connectivity index (χ4n) is 2.67. The second-order valence-electron chi connectivity index (χ2n) is 4.84. The highest BCUT2D eigenvalue weighted by molar-refractivity contribution is 7.13. The van der Waals surface area contributed by atoms with E-state index >= 15 is 0 Å². The van der Waals surface area contributed by atoms with E-state index in [1.807, 2.05) is 4.90 Å². The van der Waals surface area contributed by atoms with Gasteiger partial charge < -0.3 is 4.90 Å². The molecule has 18 heavy (non-hydrogen) atoms. The Hall–Kier alpha value is -1.42. The minimum absolute atomic E-state index is 0.191. The van der Waals surface area contributed by atoms with Gasteiger partial charge in [0.25, 0.3) is 0 Å². The van der Waals surface area contributed by atoms with Gasteiger partial charge in [0.15, 0.2) is 0 Å². The van der Waals surface area contributed by atoms with E-state index in [-0.39, 0.29) is 5.91 Å². The van der Waals surface area contributed by atoms with Crippen molar-refractivity contribution >= 4 is 27.5 Å². The first kappa shape index (κ1) is 11.7. The van der Waals surface area contributed by atoms with Gasteiger partial charge in [0.1, 0.15) is 0 Å². The maximum absolute atomic E-state index is 11.3. The van der Waals surface area contributed by atoms with Crippen LogP contribution < -0.4 is 0 Å². The average molecular weight is 260 g/mol. The minimum Gasteiger partial charge on any atom is -0.343 e. The number of hydrogen-bond acceptors (Lipinski definition) is 3. The van der Waals surface area contributed by atoms with Gasteiger partial charge in [0.05, 0.1) is 10.4 Å². The molecule has 1 amide bonds. The molecule has 1 aliphatic heterocycles. The highest BCUT2D eigenvalue weighted by Gasteiger charge is 2.24. The van der Waals surface area contributed by atoms with Crippen LogP contribution in [-0.2, 0) is 4.79 Å².